The predicted molar refractivity (Wildman–Crippen MR) is 116 cm³/mol. The van der Waals surface area contributed by atoms with Crippen LogP contribution in [0, 0.1) is 17.5 Å². The second kappa shape index (κ2) is 9.07. The lowest BCUT2D eigenvalue weighted by atomic mass is 9.79. The zero-order valence-electron chi connectivity index (χ0n) is 17.4. The Morgan fingerprint density at radius 3 is 2.53 bits per heavy atom. The van der Waals surface area contributed by atoms with E-state index in [2.05, 4.69) is 13.0 Å². The van der Waals surface area contributed by atoms with E-state index in [-0.39, 0.29) is 17.3 Å². The molecule has 156 valence electrons. The van der Waals surface area contributed by atoms with Gasteiger partial charge in [-0.2, -0.15) is 0 Å². The second-order valence-electron chi connectivity index (χ2n) is 8.34. The van der Waals surface area contributed by atoms with Gasteiger partial charge >= 0.3 is 0 Å². The highest BCUT2D eigenvalue weighted by molar-refractivity contribution is 5.66. The number of hydrogen-bond donors (Lipinski definition) is 0. The Hall–Kier alpha value is -2.55. The number of fused-ring (bicyclic) bond motifs is 1. The third kappa shape index (κ3) is 4.30. The molecule has 0 nitrogen and oxygen atoms in total. The topological polar surface area (TPSA) is 0 Å². The van der Waals surface area contributed by atoms with Crippen LogP contribution in [-0.4, -0.2) is 0 Å². The quantitative estimate of drug-likeness (QED) is 0.365. The first-order valence-corrected chi connectivity index (χ1v) is 10.9. The molecule has 0 fully saturated rings. The second-order valence-corrected chi connectivity index (χ2v) is 8.34. The Morgan fingerprint density at radius 2 is 1.73 bits per heavy atom. The molecule has 0 aromatic heterocycles. The minimum absolute atomic E-state index is 0.101. The summed E-state index contributed by atoms with van der Waals surface area (Å²) >= 11 is 0. The van der Waals surface area contributed by atoms with E-state index in [9.17, 15) is 13.2 Å². The average Bonchev–Trinajstić information content (AvgIpc) is 2.75. The van der Waals surface area contributed by atoms with Crippen LogP contribution in [0.5, 0.6) is 0 Å². The van der Waals surface area contributed by atoms with Gasteiger partial charge in [0.15, 0.2) is 11.6 Å². The summed E-state index contributed by atoms with van der Waals surface area (Å²) in [7, 11) is 0. The Morgan fingerprint density at radius 1 is 0.867 bits per heavy atom. The van der Waals surface area contributed by atoms with Gasteiger partial charge in [-0.15, -0.1) is 0 Å². The summed E-state index contributed by atoms with van der Waals surface area (Å²) in [5.74, 6) is -1.60. The van der Waals surface area contributed by atoms with Gasteiger partial charge in [-0.1, -0.05) is 62.2 Å². The van der Waals surface area contributed by atoms with Gasteiger partial charge in [0.1, 0.15) is 5.82 Å². The Kier molecular flexibility index (Phi) is 6.26. The van der Waals surface area contributed by atoms with Crippen molar-refractivity contribution in [3.63, 3.8) is 0 Å². The monoisotopic (exact) mass is 408 g/mol. The smallest absolute Gasteiger partial charge is 0.166 e. The van der Waals surface area contributed by atoms with Gasteiger partial charge in [-0.25, -0.2) is 13.2 Å². The molecule has 30 heavy (non-hydrogen) atoms. The molecule has 0 saturated carbocycles. The summed E-state index contributed by atoms with van der Waals surface area (Å²) in [6.45, 7) is 2.17. The van der Waals surface area contributed by atoms with E-state index in [1.165, 1.54) is 18.1 Å². The van der Waals surface area contributed by atoms with Crippen LogP contribution in [0.3, 0.4) is 0 Å². The number of hydrogen-bond acceptors (Lipinski definition) is 0. The molecule has 1 aliphatic rings. The van der Waals surface area contributed by atoms with Crippen molar-refractivity contribution in [3.05, 3.63) is 94.3 Å². The first-order valence-electron chi connectivity index (χ1n) is 10.9. The Balaban J connectivity index is 1.52. The summed E-state index contributed by atoms with van der Waals surface area (Å²) in [5, 5.41) is 0. The fraction of sp³-hybridized carbons (Fsp3) is 0.333. The highest BCUT2D eigenvalue weighted by atomic mass is 19.2. The molecule has 3 heteroatoms. The molecule has 1 unspecified atom stereocenters. The van der Waals surface area contributed by atoms with Gasteiger partial charge in [0, 0.05) is 5.56 Å². The molecule has 0 radical (unpaired) electrons. The first-order chi connectivity index (χ1) is 14.6. The highest BCUT2D eigenvalue weighted by Gasteiger charge is 2.23. The summed E-state index contributed by atoms with van der Waals surface area (Å²) < 4.78 is 42.6. The van der Waals surface area contributed by atoms with Crippen LogP contribution in [0.2, 0.25) is 0 Å². The van der Waals surface area contributed by atoms with Gasteiger partial charge in [0.05, 0.1) is 0 Å². The number of unbranched alkanes of at least 4 members (excludes halogenated alkanes) is 2. The largest absolute Gasteiger partial charge is 0.207 e. The summed E-state index contributed by atoms with van der Waals surface area (Å²) in [6.07, 6.45) is 6.79. The van der Waals surface area contributed by atoms with Crippen molar-refractivity contribution in [1.29, 1.82) is 0 Å². The lowest BCUT2D eigenvalue weighted by molar-refractivity contribution is 0.511. The van der Waals surface area contributed by atoms with E-state index in [0.29, 0.717) is 5.56 Å². The van der Waals surface area contributed by atoms with Crippen molar-refractivity contribution < 1.29 is 13.2 Å². The molecule has 0 bridgehead atoms. The van der Waals surface area contributed by atoms with E-state index >= 15 is 0 Å². The SMILES string of the molecule is CCCCCc1ccc(C2CCc3cc(-c4cccc(F)c4F)ccc3C2)c(F)c1. The van der Waals surface area contributed by atoms with Crippen molar-refractivity contribution in [3.8, 4) is 11.1 Å². The molecule has 0 saturated heterocycles. The van der Waals surface area contributed by atoms with Crippen LogP contribution >= 0.6 is 0 Å². The number of halogens is 3. The zero-order chi connectivity index (χ0) is 21.1. The molecule has 3 aromatic rings. The third-order valence-corrected chi connectivity index (χ3v) is 6.27. The molecule has 0 aliphatic heterocycles. The van der Waals surface area contributed by atoms with E-state index in [4.69, 9.17) is 0 Å². The van der Waals surface area contributed by atoms with Crippen molar-refractivity contribution in [2.24, 2.45) is 0 Å². The fourth-order valence-corrected chi connectivity index (χ4v) is 4.55. The van der Waals surface area contributed by atoms with Crippen molar-refractivity contribution in [2.75, 3.05) is 0 Å². The summed E-state index contributed by atoms with van der Waals surface area (Å²) in [5.41, 5.74) is 5.14. The van der Waals surface area contributed by atoms with Crippen molar-refractivity contribution in [1.82, 2.24) is 0 Å². The van der Waals surface area contributed by atoms with Gasteiger partial charge in [-0.05, 0) is 78.0 Å². The fourth-order valence-electron chi connectivity index (χ4n) is 4.55. The molecule has 3 aromatic carbocycles. The minimum atomic E-state index is -0.834. The van der Waals surface area contributed by atoms with Crippen molar-refractivity contribution in [2.45, 2.75) is 57.8 Å². The van der Waals surface area contributed by atoms with E-state index in [1.54, 1.807) is 12.1 Å². The molecule has 1 aliphatic carbocycles. The average molecular weight is 409 g/mol. The maximum absolute atomic E-state index is 14.8. The molecule has 0 amide bonds. The minimum Gasteiger partial charge on any atom is -0.207 e. The van der Waals surface area contributed by atoms with Gasteiger partial charge in [-0.3, -0.25) is 0 Å². The number of rotatable bonds is 6. The van der Waals surface area contributed by atoms with E-state index in [0.717, 1.165) is 61.3 Å². The normalized spacial score (nSPS) is 15.8. The van der Waals surface area contributed by atoms with Crippen LogP contribution < -0.4 is 0 Å². The number of aryl methyl sites for hydroxylation is 2. The van der Waals surface area contributed by atoms with E-state index in [1.807, 2.05) is 24.3 Å². The maximum Gasteiger partial charge on any atom is 0.166 e. The van der Waals surface area contributed by atoms with Gasteiger partial charge in [0.25, 0.3) is 0 Å². The number of benzene rings is 3. The Labute approximate surface area is 176 Å². The van der Waals surface area contributed by atoms with Crippen LogP contribution in [0.25, 0.3) is 11.1 Å². The molecule has 4 rings (SSSR count). The molecule has 0 N–H and O–H groups in total. The summed E-state index contributed by atoms with van der Waals surface area (Å²) in [6, 6.07) is 15.8. The van der Waals surface area contributed by atoms with Crippen molar-refractivity contribution >= 4 is 0 Å². The Bertz CT molecular complexity index is 1040. The van der Waals surface area contributed by atoms with Crippen LogP contribution in [0.1, 0.15) is 60.8 Å². The standard InChI is InChI=1S/C27H27F3/c1-2-3-4-6-18-9-14-23(26(29)15-18)21-12-10-20-17-22(13-11-19(20)16-21)24-7-5-8-25(28)27(24)30/h5,7-9,11,13-15,17,21H,2-4,6,10,12,16H2,1H3. The van der Waals surface area contributed by atoms with Crippen LogP contribution in [0.4, 0.5) is 13.2 Å². The third-order valence-electron chi connectivity index (χ3n) is 6.27. The first kappa shape index (κ1) is 20.7. The van der Waals surface area contributed by atoms with Gasteiger partial charge in [0.2, 0.25) is 0 Å². The van der Waals surface area contributed by atoms with Gasteiger partial charge < -0.3 is 0 Å². The zero-order valence-corrected chi connectivity index (χ0v) is 17.4. The molecular weight excluding hydrogens is 381 g/mol. The molecule has 0 spiro atoms. The lowest BCUT2D eigenvalue weighted by Gasteiger charge is -2.26. The maximum atomic E-state index is 14.8. The van der Waals surface area contributed by atoms with E-state index < -0.39 is 11.6 Å². The predicted octanol–water partition coefficient (Wildman–Crippen LogP) is 7.78. The van der Waals surface area contributed by atoms with Crippen LogP contribution in [-0.2, 0) is 19.3 Å². The molecule has 1 atom stereocenters. The molecular formula is C27H27F3. The van der Waals surface area contributed by atoms with Crippen LogP contribution in [0.15, 0.2) is 54.6 Å². The summed E-state index contributed by atoms with van der Waals surface area (Å²) in [4.78, 5) is 0. The molecule has 0 heterocycles. The lowest BCUT2D eigenvalue weighted by Crippen LogP contribution is -2.14. The highest BCUT2D eigenvalue weighted by Crippen LogP contribution is 2.36.